The van der Waals surface area contributed by atoms with Crippen LogP contribution in [-0.4, -0.2) is 27.3 Å². The molecule has 0 saturated carbocycles. The first-order chi connectivity index (χ1) is 8.13. The molecular formula is C10H12BrN5O. The van der Waals surface area contributed by atoms with Gasteiger partial charge in [-0.25, -0.2) is 0 Å². The van der Waals surface area contributed by atoms with E-state index in [4.69, 9.17) is 10.5 Å². The predicted molar refractivity (Wildman–Crippen MR) is 66.0 cm³/mol. The summed E-state index contributed by atoms with van der Waals surface area (Å²) in [5.41, 5.74) is 6.60. The zero-order valence-corrected chi connectivity index (χ0v) is 11.0. The van der Waals surface area contributed by atoms with E-state index in [0.29, 0.717) is 5.82 Å². The third-order valence-electron chi connectivity index (χ3n) is 2.28. The molecule has 0 saturated heterocycles. The molecular weight excluding hydrogens is 286 g/mol. The standard InChI is InChI=1S/C10H12BrN5O/c1-6(12)10-13-14-15-16(10)9-5-7(17-2)3-4-8(9)11/h3-6H,12H2,1-2H3. The third-order valence-corrected chi connectivity index (χ3v) is 2.95. The van der Waals surface area contributed by atoms with Gasteiger partial charge in [0.2, 0.25) is 0 Å². The van der Waals surface area contributed by atoms with E-state index in [0.717, 1.165) is 15.9 Å². The molecule has 0 bridgehead atoms. The van der Waals surface area contributed by atoms with Crippen molar-refractivity contribution < 1.29 is 4.74 Å². The van der Waals surface area contributed by atoms with Gasteiger partial charge in [-0.05, 0) is 45.4 Å². The molecule has 0 radical (unpaired) electrons. The van der Waals surface area contributed by atoms with E-state index < -0.39 is 0 Å². The number of tetrazole rings is 1. The monoisotopic (exact) mass is 297 g/mol. The van der Waals surface area contributed by atoms with E-state index in [2.05, 4.69) is 31.5 Å². The van der Waals surface area contributed by atoms with Crippen molar-refractivity contribution in [1.82, 2.24) is 20.2 Å². The van der Waals surface area contributed by atoms with Crippen molar-refractivity contribution >= 4 is 15.9 Å². The predicted octanol–water partition coefficient (Wildman–Crippen LogP) is 1.45. The fourth-order valence-electron chi connectivity index (χ4n) is 1.43. The van der Waals surface area contributed by atoms with Gasteiger partial charge in [0.05, 0.1) is 18.8 Å². The normalized spacial score (nSPS) is 12.5. The summed E-state index contributed by atoms with van der Waals surface area (Å²) in [6.45, 7) is 1.83. The molecule has 1 aromatic carbocycles. The lowest BCUT2D eigenvalue weighted by Crippen LogP contribution is -2.13. The Hall–Kier alpha value is -1.47. The number of ether oxygens (including phenoxy) is 1. The summed E-state index contributed by atoms with van der Waals surface area (Å²) < 4.78 is 7.64. The van der Waals surface area contributed by atoms with Crippen LogP contribution < -0.4 is 10.5 Å². The second-order valence-corrected chi connectivity index (χ2v) is 4.41. The molecule has 2 aromatic rings. The van der Waals surface area contributed by atoms with E-state index in [9.17, 15) is 0 Å². The van der Waals surface area contributed by atoms with Gasteiger partial charge in [0.15, 0.2) is 5.82 Å². The Balaban J connectivity index is 2.55. The van der Waals surface area contributed by atoms with Gasteiger partial charge in [0, 0.05) is 10.5 Å². The van der Waals surface area contributed by atoms with Crippen LogP contribution in [0.25, 0.3) is 5.69 Å². The van der Waals surface area contributed by atoms with E-state index in [1.54, 1.807) is 11.8 Å². The Labute approximate surface area is 107 Å². The van der Waals surface area contributed by atoms with E-state index in [1.165, 1.54) is 0 Å². The van der Waals surface area contributed by atoms with E-state index in [-0.39, 0.29) is 6.04 Å². The van der Waals surface area contributed by atoms with Crippen molar-refractivity contribution in [2.45, 2.75) is 13.0 Å². The summed E-state index contributed by atoms with van der Waals surface area (Å²) in [5, 5.41) is 11.5. The summed E-state index contributed by atoms with van der Waals surface area (Å²) in [5.74, 6) is 1.33. The van der Waals surface area contributed by atoms with Crippen LogP contribution in [0.5, 0.6) is 5.75 Å². The molecule has 7 heteroatoms. The van der Waals surface area contributed by atoms with Gasteiger partial charge in [0.25, 0.3) is 0 Å². The second-order valence-electron chi connectivity index (χ2n) is 3.55. The number of hydrogen-bond acceptors (Lipinski definition) is 5. The number of nitrogens with zero attached hydrogens (tertiary/aromatic N) is 4. The minimum absolute atomic E-state index is 0.247. The lowest BCUT2D eigenvalue weighted by molar-refractivity contribution is 0.414. The number of aromatic nitrogens is 4. The molecule has 2 rings (SSSR count). The maximum Gasteiger partial charge on any atom is 0.173 e. The second kappa shape index (κ2) is 4.80. The Morgan fingerprint density at radius 2 is 2.24 bits per heavy atom. The topological polar surface area (TPSA) is 78.8 Å². The molecule has 1 atom stereocenters. The third kappa shape index (κ3) is 2.29. The SMILES string of the molecule is COc1ccc(Br)c(-n2nnnc2C(C)N)c1. The minimum atomic E-state index is -0.247. The highest BCUT2D eigenvalue weighted by atomic mass is 79.9. The lowest BCUT2D eigenvalue weighted by atomic mass is 10.3. The fraction of sp³-hybridized carbons (Fsp3) is 0.300. The van der Waals surface area contributed by atoms with Gasteiger partial charge in [-0.15, -0.1) is 5.10 Å². The number of nitrogens with two attached hydrogens (primary N) is 1. The highest BCUT2D eigenvalue weighted by Crippen LogP contribution is 2.26. The number of hydrogen-bond donors (Lipinski definition) is 1. The molecule has 0 aliphatic rings. The summed E-state index contributed by atoms with van der Waals surface area (Å²) in [6.07, 6.45) is 0. The van der Waals surface area contributed by atoms with Crippen molar-refractivity contribution in [3.05, 3.63) is 28.5 Å². The summed E-state index contributed by atoms with van der Waals surface area (Å²) in [6, 6.07) is 5.32. The average molecular weight is 298 g/mol. The quantitative estimate of drug-likeness (QED) is 0.928. The first-order valence-corrected chi connectivity index (χ1v) is 5.80. The van der Waals surface area contributed by atoms with Crippen molar-refractivity contribution in [3.63, 3.8) is 0 Å². The van der Waals surface area contributed by atoms with E-state index >= 15 is 0 Å². The molecule has 17 heavy (non-hydrogen) atoms. The zero-order valence-electron chi connectivity index (χ0n) is 9.46. The van der Waals surface area contributed by atoms with Crippen molar-refractivity contribution in [2.24, 2.45) is 5.73 Å². The molecule has 6 nitrogen and oxygen atoms in total. The van der Waals surface area contributed by atoms with Gasteiger partial charge in [-0.1, -0.05) is 0 Å². The van der Waals surface area contributed by atoms with Gasteiger partial charge < -0.3 is 10.5 Å². The fourth-order valence-corrected chi connectivity index (χ4v) is 1.85. The molecule has 0 spiro atoms. The summed E-state index contributed by atoms with van der Waals surface area (Å²) in [7, 11) is 1.61. The Kier molecular flexibility index (Phi) is 3.39. The molecule has 90 valence electrons. The first kappa shape index (κ1) is 12.0. The van der Waals surface area contributed by atoms with Crippen LogP contribution in [0.2, 0.25) is 0 Å². The molecule has 0 aliphatic carbocycles. The Morgan fingerprint density at radius 3 is 2.88 bits per heavy atom. The highest BCUT2D eigenvalue weighted by molar-refractivity contribution is 9.10. The summed E-state index contributed by atoms with van der Waals surface area (Å²) >= 11 is 3.45. The van der Waals surface area contributed by atoms with Gasteiger partial charge in [0.1, 0.15) is 5.75 Å². The van der Waals surface area contributed by atoms with Crippen LogP contribution in [0.4, 0.5) is 0 Å². The molecule has 0 aliphatic heterocycles. The average Bonchev–Trinajstić information content (AvgIpc) is 2.78. The number of benzene rings is 1. The van der Waals surface area contributed by atoms with Crippen molar-refractivity contribution in [1.29, 1.82) is 0 Å². The minimum Gasteiger partial charge on any atom is -0.497 e. The van der Waals surface area contributed by atoms with Crippen molar-refractivity contribution in [3.8, 4) is 11.4 Å². The smallest absolute Gasteiger partial charge is 0.173 e. The van der Waals surface area contributed by atoms with Crippen LogP contribution in [0.1, 0.15) is 18.8 Å². The van der Waals surface area contributed by atoms with Gasteiger partial charge in [-0.2, -0.15) is 4.68 Å². The number of methoxy groups -OCH3 is 1. The van der Waals surface area contributed by atoms with Crippen LogP contribution in [0.15, 0.2) is 22.7 Å². The highest BCUT2D eigenvalue weighted by Gasteiger charge is 2.14. The van der Waals surface area contributed by atoms with E-state index in [1.807, 2.05) is 25.1 Å². The largest absolute Gasteiger partial charge is 0.497 e. The maximum atomic E-state index is 5.81. The van der Waals surface area contributed by atoms with Crippen LogP contribution in [0, 0.1) is 0 Å². The number of halogens is 1. The summed E-state index contributed by atoms with van der Waals surface area (Å²) in [4.78, 5) is 0. The molecule has 1 aromatic heterocycles. The zero-order chi connectivity index (χ0) is 12.4. The Morgan fingerprint density at radius 1 is 1.47 bits per heavy atom. The first-order valence-electron chi connectivity index (χ1n) is 5.01. The molecule has 1 unspecified atom stereocenters. The molecule has 1 heterocycles. The molecule has 2 N–H and O–H groups in total. The van der Waals surface area contributed by atoms with Crippen LogP contribution >= 0.6 is 15.9 Å². The van der Waals surface area contributed by atoms with Crippen LogP contribution in [0.3, 0.4) is 0 Å². The van der Waals surface area contributed by atoms with Gasteiger partial charge in [-0.3, -0.25) is 0 Å². The lowest BCUT2D eigenvalue weighted by Gasteiger charge is -2.10. The van der Waals surface area contributed by atoms with Crippen molar-refractivity contribution in [2.75, 3.05) is 7.11 Å². The molecule has 0 amide bonds. The van der Waals surface area contributed by atoms with Crippen LogP contribution in [-0.2, 0) is 0 Å². The Bertz CT molecular complexity index is 525. The van der Waals surface area contributed by atoms with Gasteiger partial charge >= 0.3 is 0 Å². The number of rotatable bonds is 3. The maximum absolute atomic E-state index is 5.81. The molecule has 0 fully saturated rings.